The SMILES string of the molecule is CN=C(NCCOc1cccnc1)NC1CCN(c2ccc(C)cc2)C1.I. The van der Waals surface area contributed by atoms with E-state index in [9.17, 15) is 0 Å². The second-order valence-corrected chi connectivity index (χ2v) is 6.45. The number of nitrogens with zero attached hydrogens (tertiary/aromatic N) is 3. The number of aromatic nitrogens is 1. The molecule has 7 heteroatoms. The smallest absolute Gasteiger partial charge is 0.191 e. The maximum atomic E-state index is 5.64. The van der Waals surface area contributed by atoms with E-state index in [-0.39, 0.29) is 24.0 Å². The fourth-order valence-electron chi connectivity index (χ4n) is 3.03. The molecule has 1 fully saturated rings. The van der Waals surface area contributed by atoms with Gasteiger partial charge in [-0.05, 0) is 37.6 Å². The highest BCUT2D eigenvalue weighted by Gasteiger charge is 2.23. The zero-order valence-electron chi connectivity index (χ0n) is 15.9. The molecule has 1 aromatic heterocycles. The second-order valence-electron chi connectivity index (χ2n) is 6.45. The number of aliphatic imine (C=N–C) groups is 1. The predicted octanol–water partition coefficient (Wildman–Crippen LogP) is 2.83. The van der Waals surface area contributed by atoms with E-state index in [2.05, 4.69) is 56.7 Å². The molecular weight excluding hydrogens is 453 g/mol. The summed E-state index contributed by atoms with van der Waals surface area (Å²) >= 11 is 0. The topological polar surface area (TPSA) is 61.8 Å². The van der Waals surface area contributed by atoms with Crippen LogP contribution in [-0.4, -0.2) is 50.3 Å². The van der Waals surface area contributed by atoms with Crippen molar-refractivity contribution < 1.29 is 4.74 Å². The molecule has 2 aromatic rings. The average molecular weight is 481 g/mol. The van der Waals surface area contributed by atoms with Crippen LogP contribution in [0.3, 0.4) is 0 Å². The van der Waals surface area contributed by atoms with Crippen LogP contribution >= 0.6 is 24.0 Å². The van der Waals surface area contributed by atoms with Crippen molar-refractivity contribution >= 4 is 35.6 Å². The third-order valence-corrected chi connectivity index (χ3v) is 4.45. The fourth-order valence-corrected chi connectivity index (χ4v) is 3.03. The van der Waals surface area contributed by atoms with Gasteiger partial charge in [0.05, 0.1) is 12.7 Å². The van der Waals surface area contributed by atoms with Crippen LogP contribution in [0, 0.1) is 6.92 Å². The summed E-state index contributed by atoms with van der Waals surface area (Å²) in [4.78, 5) is 10.8. The summed E-state index contributed by atoms with van der Waals surface area (Å²) in [7, 11) is 1.80. The molecule has 1 saturated heterocycles. The first kappa shape index (κ1) is 21.3. The molecule has 1 atom stereocenters. The van der Waals surface area contributed by atoms with E-state index in [1.54, 1.807) is 19.4 Å². The minimum atomic E-state index is 0. The van der Waals surface area contributed by atoms with Crippen LogP contribution in [-0.2, 0) is 0 Å². The summed E-state index contributed by atoms with van der Waals surface area (Å²) in [6, 6.07) is 12.9. The molecule has 27 heavy (non-hydrogen) atoms. The van der Waals surface area contributed by atoms with Gasteiger partial charge < -0.3 is 20.3 Å². The summed E-state index contributed by atoms with van der Waals surface area (Å²) in [5, 5.41) is 6.81. The Morgan fingerprint density at radius 2 is 2.11 bits per heavy atom. The number of halogens is 1. The minimum Gasteiger partial charge on any atom is -0.490 e. The standard InChI is InChI=1S/C20H27N5O.HI/c1-16-5-7-18(8-6-16)25-12-9-17(15-25)24-20(21-2)23-11-13-26-19-4-3-10-22-14-19;/h3-8,10,14,17H,9,11-13,15H2,1-2H3,(H2,21,23,24);1H. The first-order valence-electron chi connectivity index (χ1n) is 9.06. The van der Waals surface area contributed by atoms with Gasteiger partial charge in [0.15, 0.2) is 5.96 Å². The number of hydrogen-bond acceptors (Lipinski definition) is 4. The molecule has 1 unspecified atom stereocenters. The Labute approximate surface area is 178 Å². The molecule has 0 aliphatic carbocycles. The third-order valence-electron chi connectivity index (χ3n) is 4.45. The summed E-state index contributed by atoms with van der Waals surface area (Å²) in [5.41, 5.74) is 2.58. The number of ether oxygens (including phenoxy) is 1. The van der Waals surface area contributed by atoms with Gasteiger partial charge in [0.25, 0.3) is 0 Å². The molecule has 146 valence electrons. The highest BCUT2D eigenvalue weighted by atomic mass is 127. The first-order chi connectivity index (χ1) is 12.7. The molecule has 2 N–H and O–H groups in total. The number of benzene rings is 1. The van der Waals surface area contributed by atoms with Crippen molar-refractivity contribution in [3.05, 3.63) is 54.4 Å². The molecule has 0 bridgehead atoms. The van der Waals surface area contributed by atoms with Gasteiger partial charge in [-0.25, -0.2) is 0 Å². The van der Waals surface area contributed by atoms with Gasteiger partial charge in [-0.3, -0.25) is 9.98 Å². The Morgan fingerprint density at radius 3 is 2.81 bits per heavy atom. The van der Waals surface area contributed by atoms with Crippen LogP contribution in [0.25, 0.3) is 0 Å². The monoisotopic (exact) mass is 481 g/mol. The van der Waals surface area contributed by atoms with Gasteiger partial charge in [0.1, 0.15) is 12.4 Å². The zero-order chi connectivity index (χ0) is 18.2. The lowest BCUT2D eigenvalue weighted by Crippen LogP contribution is -2.45. The van der Waals surface area contributed by atoms with Crippen molar-refractivity contribution in [2.75, 3.05) is 38.2 Å². The lowest BCUT2D eigenvalue weighted by Gasteiger charge is -2.20. The van der Waals surface area contributed by atoms with E-state index in [1.165, 1.54) is 11.3 Å². The highest BCUT2D eigenvalue weighted by molar-refractivity contribution is 14.0. The quantitative estimate of drug-likeness (QED) is 0.288. The summed E-state index contributed by atoms with van der Waals surface area (Å²) in [6.45, 7) is 5.40. The van der Waals surface area contributed by atoms with E-state index < -0.39 is 0 Å². The third kappa shape index (κ3) is 6.57. The number of aryl methyl sites for hydroxylation is 1. The molecule has 0 spiro atoms. The molecular formula is C20H28IN5O. The number of rotatable bonds is 6. The molecule has 1 aromatic carbocycles. The maximum Gasteiger partial charge on any atom is 0.191 e. The second kappa shape index (κ2) is 11.0. The summed E-state index contributed by atoms with van der Waals surface area (Å²) < 4.78 is 5.64. The molecule has 0 radical (unpaired) electrons. The normalized spacial score (nSPS) is 16.6. The van der Waals surface area contributed by atoms with Gasteiger partial charge >= 0.3 is 0 Å². The largest absolute Gasteiger partial charge is 0.490 e. The molecule has 0 amide bonds. The van der Waals surface area contributed by atoms with Crippen molar-refractivity contribution in [1.29, 1.82) is 0 Å². The zero-order valence-corrected chi connectivity index (χ0v) is 18.2. The summed E-state index contributed by atoms with van der Waals surface area (Å²) in [5.74, 6) is 1.59. The van der Waals surface area contributed by atoms with E-state index >= 15 is 0 Å². The van der Waals surface area contributed by atoms with E-state index in [0.29, 0.717) is 19.2 Å². The Kier molecular flexibility index (Phi) is 8.63. The van der Waals surface area contributed by atoms with Crippen molar-refractivity contribution in [2.24, 2.45) is 4.99 Å². The van der Waals surface area contributed by atoms with E-state index in [0.717, 1.165) is 31.2 Å². The Balaban J connectivity index is 0.00000261. The number of pyridine rings is 1. The molecule has 3 rings (SSSR count). The minimum absolute atomic E-state index is 0. The van der Waals surface area contributed by atoms with Crippen molar-refractivity contribution in [2.45, 2.75) is 19.4 Å². The molecule has 2 heterocycles. The van der Waals surface area contributed by atoms with Crippen molar-refractivity contribution in [3.63, 3.8) is 0 Å². The number of guanidine groups is 1. The Bertz CT molecular complexity index is 708. The Morgan fingerprint density at radius 1 is 1.30 bits per heavy atom. The molecule has 0 saturated carbocycles. The summed E-state index contributed by atoms with van der Waals surface area (Å²) in [6.07, 6.45) is 4.55. The lowest BCUT2D eigenvalue weighted by molar-refractivity contribution is 0.320. The van der Waals surface area contributed by atoms with Gasteiger partial charge in [-0.2, -0.15) is 0 Å². The highest BCUT2D eigenvalue weighted by Crippen LogP contribution is 2.20. The van der Waals surface area contributed by atoms with Crippen LogP contribution in [0.15, 0.2) is 53.8 Å². The van der Waals surface area contributed by atoms with Crippen LogP contribution in [0.1, 0.15) is 12.0 Å². The fraction of sp³-hybridized carbons (Fsp3) is 0.400. The molecule has 1 aliphatic heterocycles. The maximum absolute atomic E-state index is 5.64. The van der Waals surface area contributed by atoms with Gasteiger partial charge in [-0.15, -0.1) is 24.0 Å². The number of anilines is 1. The van der Waals surface area contributed by atoms with E-state index in [4.69, 9.17) is 4.74 Å². The first-order valence-corrected chi connectivity index (χ1v) is 9.06. The molecule has 1 aliphatic rings. The predicted molar refractivity (Wildman–Crippen MR) is 121 cm³/mol. The van der Waals surface area contributed by atoms with Crippen molar-refractivity contribution in [1.82, 2.24) is 15.6 Å². The molecule has 6 nitrogen and oxygen atoms in total. The lowest BCUT2D eigenvalue weighted by atomic mass is 10.2. The van der Waals surface area contributed by atoms with E-state index in [1.807, 2.05) is 12.1 Å². The van der Waals surface area contributed by atoms with Gasteiger partial charge in [0.2, 0.25) is 0 Å². The van der Waals surface area contributed by atoms with Crippen LogP contribution in [0.2, 0.25) is 0 Å². The average Bonchev–Trinajstić information content (AvgIpc) is 3.14. The number of nitrogens with one attached hydrogen (secondary N) is 2. The Hall–Kier alpha value is -2.03. The van der Waals surface area contributed by atoms with Gasteiger partial charge in [0, 0.05) is 38.1 Å². The van der Waals surface area contributed by atoms with Crippen molar-refractivity contribution in [3.8, 4) is 5.75 Å². The van der Waals surface area contributed by atoms with Crippen LogP contribution in [0.5, 0.6) is 5.75 Å². The van der Waals surface area contributed by atoms with Crippen LogP contribution < -0.4 is 20.3 Å². The van der Waals surface area contributed by atoms with Crippen LogP contribution in [0.4, 0.5) is 5.69 Å². The number of hydrogen-bond donors (Lipinski definition) is 2. The van der Waals surface area contributed by atoms with Gasteiger partial charge in [-0.1, -0.05) is 17.7 Å².